The highest BCUT2D eigenvalue weighted by Gasteiger charge is 2.65. The summed E-state index contributed by atoms with van der Waals surface area (Å²) in [4.78, 5) is 10.4. The van der Waals surface area contributed by atoms with Gasteiger partial charge in [0.1, 0.15) is 6.10 Å². The summed E-state index contributed by atoms with van der Waals surface area (Å²) < 4.78 is 60.3. The average Bonchev–Trinajstić information content (AvgIpc) is 3.12. The Balaban J connectivity index is 2.02. The number of hydrogen-bond acceptors (Lipinski definition) is 4. The molecule has 1 saturated carbocycles. The van der Waals surface area contributed by atoms with Crippen molar-refractivity contribution in [2.24, 2.45) is 11.8 Å². The van der Waals surface area contributed by atoms with Crippen LogP contribution in [0.5, 0.6) is 0 Å². The van der Waals surface area contributed by atoms with E-state index in [9.17, 15) is 32.6 Å². The Kier molecular flexibility index (Phi) is 7.73. The molecule has 0 radical (unpaired) electrons. The van der Waals surface area contributed by atoms with Crippen molar-refractivity contribution in [3.05, 3.63) is 24.0 Å². The summed E-state index contributed by atoms with van der Waals surface area (Å²) in [5.41, 5.74) is 0. The van der Waals surface area contributed by atoms with Crippen molar-refractivity contribution in [1.29, 1.82) is 0 Å². The maximum Gasteiger partial charge on any atom is 0.374 e. The lowest BCUT2D eigenvalue weighted by Crippen LogP contribution is -2.39. The highest BCUT2D eigenvalue weighted by Crippen LogP contribution is 2.53. The van der Waals surface area contributed by atoms with Gasteiger partial charge in [0, 0.05) is 24.7 Å². The van der Waals surface area contributed by atoms with Gasteiger partial charge in [0.05, 0.1) is 11.9 Å². The molecule has 0 aromatic carbocycles. The van der Waals surface area contributed by atoms with Crippen LogP contribution in [0.1, 0.15) is 51.9 Å². The van der Waals surface area contributed by atoms with E-state index in [0.29, 0.717) is 6.42 Å². The molecule has 5 atom stereocenters. The van der Waals surface area contributed by atoms with Crippen LogP contribution in [-0.4, -0.2) is 51.4 Å². The first-order valence-corrected chi connectivity index (χ1v) is 9.89. The summed E-state index contributed by atoms with van der Waals surface area (Å²) in [5.74, 6) is -11.3. The van der Waals surface area contributed by atoms with Crippen molar-refractivity contribution in [2.45, 2.75) is 82.0 Å². The number of carbonyl (C=O) groups is 1. The topological polar surface area (TPSA) is 87.0 Å². The van der Waals surface area contributed by atoms with Crippen molar-refractivity contribution in [3.8, 4) is 0 Å². The fourth-order valence-electron chi connectivity index (χ4n) is 3.86. The van der Waals surface area contributed by atoms with Gasteiger partial charge in [0.25, 0.3) is 0 Å². The summed E-state index contributed by atoms with van der Waals surface area (Å²) in [6.07, 6.45) is 1.63. The summed E-state index contributed by atoms with van der Waals surface area (Å²) in [5, 5.41) is 28.4. The lowest BCUT2D eigenvalue weighted by molar-refractivity contribution is -0.165. The molecule has 29 heavy (non-hydrogen) atoms. The molecule has 1 unspecified atom stereocenters. The molecule has 0 bridgehead atoms. The summed E-state index contributed by atoms with van der Waals surface area (Å²) in [6.45, 7) is 2.02. The fraction of sp³-hybridized carbons (Fsp3) is 0.750. The number of halogens is 4. The van der Waals surface area contributed by atoms with Crippen LogP contribution in [0.3, 0.4) is 0 Å². The second kappa shape index (κ2) is 9.47. The number of carboxylic acids is 1. The van der Waals surface area contributed by atoms with Gasteiger partial charge in [-0.05, 0) is 18.9 Å². The minimum atomic E-state index is -3.90. The van der Waals surface area contributed by atoms with Gasteiger partial charge in [-0.3, -0.25) is 0 Å². The Morgan fingerprint density at radius 1 is 1.38 bits per heavy atom. The molecular formula is C20H28F4O5. The third kappa shape index (κ3) is 5.51. The van der Waals surface area contributed by atoms with Crippen LogP contribution in [0.25, 0.3) is 0 Å². The minimum absolute atomic E-state index is 0.0247. The monoisotopic (exact) mass is 424 g/mol. The van der Waals surface area contributed by atoms with Crippen molar-refractivity contribution in [2.75, 3.05) is 0 Å². The molecule has 5 nitrogen and oxygen atoms in total. The first-order valence-electron chi connectivity index (χ1n) is 9.89. The number of hydrogen-bond donors (Lipinski definition) is 3. The number of unbranched alkanes of at least 4 members (excludes halogenated alkanes) is 2. The number of ether oxygens (including phenoxy) is 1. The third-order valence-corrected chi connectivity index (χ3v) is 5.54. The van der Waals surface area contributed by atoms with E-state index in [4.69, 9.17) is 9.84 Å². The molecule has 3 N–H and O–H groups in total. The molecule has 1 aliphatic heterocycles. The first kappa shape index (κ1) is 23.7. The normalized spacial score (nSPS) is 31.2. The van der Waals surface area contributed by atoms with Crippen LogP contribution in [0.2, 0.25) is 0 Å². The number of aliphatic hydroxyl groups is 2. The van der Waals surface area contributed by atoms with E-state index < -0.39 is 54.4 Å². The van der Waals surface area contributed by atoms with Gasteiger partial charge in [-0.2, -0.15) is 17.6 Å². The molecule has 1 aliphatic carbocycles. The molecule has 9 heteroatoms. The van der Waals surface area contributed by atoms with Gasteiger partial charge in [0.15, 0.2) is 6.10 Å². The van der Waals surface area contributed by atoms with Crippen LogP contribution in [0.15, 0.2) is 24.0 Å². The minimum Gasteiger partial charge on any atom is -0.488 e. The predicted molar refractivity (Wildman–Crippen MR) is 96.6 cm³/mol. The predicted octanol–water partition coefficient (Wildman–Crippen LogP) is 3.90. The highest BCUT2D eigenvalue weighted by molar-refractivity contribution is 5.75. The summed E-state index contributed by atoms with van der Waals surface area (Å²) >= 11 is 0. The summed E-state index contributed by atoms with van der Waals surface area (Å²) in [6, 6.07) is 0. The van der Waals surface area contributed by atoms with Gasteiger partial charge in [-0.25, -0.2) is 4.79 Å². The van der Waals surface area contributed by atoms with Crippen molar-refractivity contribution < 1.29 is 42.4 Å². The van der Waals surface area contributed by atoms with E-state index in [1.165, 1.54) is 18.2 Å². The molecule has 2 fully saturated rings. The largest absolute Gasteiger partial charge is 0.488 e. The van der Waals surface area contributed by atoms with Crippen LogP contribution in [0.4, 0.5) is 17.6 Å². The number of fused-ring (bicyclic) bond motifs is 1. The first-order chi connectivity index (χ1) is 13.5. The maximum absolute atomic E-state index is 14.4. The molecule has 1 heterocycles. The molecule has 2 rings (SSSR count). The second-order valence-corrected chi connectivity index (χ2v) is 7.77. The Hall–Kier alpha value is -1.61. The number of rotatable bonds is 10. The van der Waals surface area contributed by atoms with Gasteiger partial charge in [0.2, 0.25) is 0 Å². The lowest BCUT2D eigenvalue weighted by atomic mass is 9.90. The van der Waals surface area contributed by atoms with Crippen molar-refractivity contribution >= 4 is 5.97 Å². The second-order valence-electron chi connectivity index (χ2n) is 7.77. The smallest absolute Gasteiger partial charge is 0.374 e. The van der Waals surface area contributed by atoms with Gasteiger partial charge in [-0.15, -0.1) is 0 Å². The zero-order valence-electron chi connectivity index (χ0n) is 16.2. The van der Waals surface area contributed by atoms with Crippen LogP contribution in [-0.2, 0) is 9.53 Å². The molecule has 0 spiro atoms. The number of carboxylic acid groups (broad SMARTS) is 1. The SMILES string of the molecule is CCCCC[C@H](O)/C=C/[C@@H]1C2C/C(=C/CCC(F)(F)C(=O)O)O[C@@H]2C(F)(F)[C@H]1O. The van der Waals surface area contributed by atoms with E-state index in [0.717, 1.165) is 19.3 Å². The van der Waals surface area contributed by atoms with Crippen molar-refractivity contribution in [1.82, 2.24) is 0 Å². The quantitative estimate of drug-likeness (QED) is 0.281. The zero-order valence-corrected chi connectivity index (χ0v) is 16.2. The van der Waals surface area contributed by atoms with E-state index in [1.807, 2.05) is 6.92 Å². The van der Waals surface area contributed by atoms with Gasteiger partial charge >= 0.3 is 17.8 Å². The number of aliphatic hydroxyl groups excluding tert-OH is 2. The van der Waals surface area contributed by atoms with E-state index in [-0.39, 0.29) is 18.6 Å². The zero-order chi connectivity index (χ0) is 21.8. The number of alkyl halides is 4. The molecule has 0 aromatic rings. The third-order valence-electron chi connectivity index (χ3n) is 5.54. The average molecular weight is 424 g/mol. The Bertz CT molecular complexity index is 634. The maximum atomic E-state index is 14.4. The van der Waals surface area contributed by atoms with E-state index >= 15 is 0 Å². The van der Waals surface area contributed by atoms with E-state index in [1.54, 1.807) is 0 Å². The highest BCUT2D eigenvalue weighted by atomic mass is 19.3. The Morgan fingerprint density at radius 3 is 2.69 bits per heavy atom. The molecule has 2 aliphatic rings. The lowest BCUT2D eigenvalue weighted by Gasteiger charge is -2.21. The molecule has 1 saturated heterocycles. The molecule has 0 amide bonds. The molecule has 166 valence electrons. The van der Waals surface area contributed by atoms with Crippen molar-refractivity contribution in [3.63, 3.8) is 0 Å². The van der Waals surface area contributed by atoms with E-state index in [2.05, 4.69) is 0 Å². The fourth-order valence-corrected chi connectivity index (χ4v) is 3.86. The molecular weight excluding hydrogens is 396 g/mol. The Morgan fingerprint density at radius 2 is 2.07 bits per heavy atom. The van der Waals surface area contributed by atoms with Crippen LogP contribution >= 0.6 is 0 Å². The number of allylic oxidation sites excluding steroid dienone is 2. The number of aliphatic carboxylic acids is 1. The van der Waals surface area contributed by atoms with Crippen LogP contribution < -0.4 is 0 Å². The standard InChI is InChI=1S/C20H28F4O5/c1-2-3-4-6-12(25)8-9-14-15-11-13(7-5-10-19(21,22)18(27)28)29-17(15)20(23,24)16(14)26/h7-9,12,14-17,25-26H,2-6,10-11H2,1H3,(H,27,28)/b9-8+,13-7-/t12-,14+,15?,16-,17-/m0/s1. The molecule has 0 aromatic heterocycles. The Labute approximate surface area is 167 Å². The van der Waals surface area contributed by atoms with Gasteiger partial charge < -0.3 is 20.1 Å². The summed E-state index contributed by atoms with van der Waals surface area (Å²) in [7, 11) is 0. The van der Waals surface area contributed by atoms with Crippen LogP contribution in [0, 0.1) is 11.8 Å². The van der Waals surface area contributed by atoms with Gasteiger partial charge in [-0.1, -0.05) is 38.3 Å².